The van der Waals surface area contributed by atoms with Crippen LogP contribution in [0.15, 0.2) is 24.3 Å². The molecule has 0 spiro atoms. The fourth-order valence-corrected chi connectivity index (χ4v) is 2.20. The van der Waals surface area contributed by atoms with Gasteiger partial charge in [-0.15, -0.1) is 0 Å². The van der Waals surface area contributed by atoms with Gasteiger partial charge in [-0.3, -0.25) is 0 Å². The topological polar surface area (TPSA) is 78.2 Å². The molecule has 0 radical (unpaired) electrons. The van der Waals surface area contributed by atoms with Gasteiger partial charge in [0.1, 0.15) is 9.84 Å². The van der Waals surface area contributed by atoms with E-state index in [9.17, 15) is 13.5 Å². The Morgan fingerprint density at radius 2 is 1.88 bits per heavy atom. The van der Waals surface area contributed by atoms with Gasteiger partial charge in [0.25, 0.3) is 0 Å². The largest absolute Gasteiger partial charge is 0.385 e. The van der Waals surface area contributed by atoms with Gasteiger partial charge in [-0.05, 0) is 31.0 Å². The van der Waals surface area contributed by atoms with Crippen molar-refractivity contribution >= 4 is 9.84 Å². The van der Waals surface area contributed by atoms with Crippen LogP contribution < -0.4 is 0 Å². The molecule has 1 rings (SSSR count). The SMILES string of the molecule is CC(O)(CCS(C)(=O)=O)c1ccc(C#N)cc1. The molecule has 5 heteroatoms. The molecule has 0 aliphatic rings. The third kappa shape index (κ3) is 4.17. The number of aliphatic hydroxyl groups is 1. The molecular weight excluding hydrogens is 238 g/mol. The molecule has 92 valence electrons. The molecule has 0 amide bonds. The van der Waals surface area contributed by atoms with Gasteiger partial charge in [0, 0.05) is 6.26 Å². The second kappa shape index (κ2) is 4.86. The summed E-state index contributed by atoms with van der Waals surface area (Å²) in [5, 5.41) is 18.8. The first-order valence-corrected chi connectivity index (χ1v) is 7.21. The van der Waals surface area contributed by atoms with E-state index in [1.54, 1.807) is 31.2 Å². The normalized spacial score (nSPS) is 14.9. The molecule has 1 unspecified atom stereocenters. The van der Waals surface area contributed by atoms with E-state index in [-0.39, 0.29) is 12.2 Å². The second-order valence-electron chi connectivity index (χ2n) is 4.34. The van der Waals surface area contributed by atoms with Crippen molar-refractivity contribution in [3.8, 4) is 6.07 Å². The molecule has 0 aliphatic heterocycles. The third-order valence-corrected chi connectivity index (χ3v) is 3.54. The molecule has 0 aromatic heterocycles. The molecule has 1 atom stereocenters. The molecule has 17 heavy (non-hydrogen) atoms. The first kappa shape index (κ1) is 13.7. The first-order valence-electron chi connectivity index (χ1n) is 5.15. The van der Waals surface area contributed by atoms with Crippen LogP contribution in [0.5, 0.6) is 0 Å². The molecule has 0 bridgehead atoms. The Bertz CT molecular complexity index is 524. The fourth-order valence-electron chi connectivity index (χ4n) is 1.43. The summed E-state index contributed by atoms with van der Waals surface area (Å²) in [6, 6.07) is 8.47. The maximum atomic E-state index is 11.1. The molecule has 0 aliphatic carbocycles. The number of nitrogens with zero attached hydrogens (tertiary/aromatic N) is 1. The van der Waals surface area contributed by atoms with Crippen LogP contribution in [0.1, 0.15) is 24.5 Å². The minimum atomic E-state index is -3.09. The van der Waals surface area contributed by atoms with Crippen molar-refractivity contribution in [3.05, 3.63) is 35.4 Å². The van der Waals surface area contributed by atoms with Crippen LogP contribution in [0.2, 0.25) is 0 Å². The fraction of sp³-hybridized carbons (Fsp3) is 0.417. The van der Waals surface area contributed by atoms with Crippen molar-refractivity contribution in [1.82, 2.24) is 0 Å². The molecule has 0 saturated carbocycles. The van der Waals surface area contributed by atoms with Gasteiger partial charge in [-0.25, -0.2) is 8.42 Å². The van der Waals surface area contributed by atoms with Crippen molar-refractivity contribution in [2.45, 2.75) is 18.9 Å². The highest BCUT2D eigenvalue weighted by atomic mass is 32.2. The van der Waals surface area contributed by atoms with Gasteiger partial charge in [0.15, 0.2) is 0 Å². The van der Waals surface area contributed by atoms with Crippen LogP contribution in [-0.2, 0) is 15.4 Å². The van der Waals surface area contributed by atoms with E-state index in [0.29, 0.717) is 11.1 Å². The third-order valence-electron chi connectivity index (χ3n) is 2.60. The Kier molecular flexibility index (Phi) is 3.91. The van der Waals surface area contributed by atoms with Crippen molar-refractivity contribution in [2.24, 2.45) is 0 Å². The quantitative estimate of drug-likeness (QED) is 0.874. The molecule has 1 N–H and O–H groups in total. The van der Waals surface area contributed by atoms with Crippen LogP contribution in [0.3, 0.4) is 0 Å². The summed E-state index contributed by atoms with van der Waals surface area (Å²) in [4.78, 5) is 0. The molecule has 0 saturated heterocycles. The lowest BCUT2D eigenvalue weighted by atomic mass is 9.93. The van der Waals surface area contributed by atoms with Gasteiger partial charge in [-0.2, -0.15) is 5.26 Å². The van der Waals surface area contributed by atoms with Crippen molar-refractivity contribution < 1.29 is 13.5 Å². The van der Waals surface area contributed by atoms with Crippen LogP contribution >= 0.6 is 0 Å². The highest BCUT2D eigenvalue weighted by Gasteiger charge is 2.24. The summed E-state index contributed by atoms with van der Waals surface area (Å²) in [6.45, 7) is 1.57. The summed E-state index contributed by atoms with van der Waals surface area (Å²) in [6.07, 6.45) is 1.28. The molecular formula is C12H15NO3S. The maximum Gasteiger partial charge on any atom is 0.147 e. The molecule has 4 nitrogen and oxygen atoms in total. The van der Waals surface area contributed by atoms with E-state index in [1.807, 2.05) is 6.07 Å². The van der Waals surface area contributed by atoms with E-state index in [0.717, 1.165) is 6.26 Å². The minimum absolute atomic E-state index is 0.0694. The average molecular weight is 253 g/mol. The Balaban J connectivity index is 2.86. The van der Waals surface area contributed by atoms with Crippen LogP contribution in [0.4, 0.5) is 0 Å². The maximum absolute atomic E-state index is 11.1. The van der Waals surface area contributed by atoms with Gasteiger partial charge < -0.3 is 5.11 Å². The van der Waals surface area contributed by atoms with Crippen LogP contribution in [-0.4, -0.2) is 25.5 Å². The Hall–Kier alpha value is -1.38. The monoisotopic (exact) mass is 253 g/mol. The summed E-state index contributed by atoms with van der Waals surface area (Å²) in [5.74, 6) is -0.0694. The zero-order valence-corrected chi connectivity index (χ0v) is 10.7. The van der Waals surface area contributed by atoms with Gasteiger partial charge in [0.2, 0.25) is 0 Å². The zero-order valence-electron chi connectivity index (χ0n) is 9.84. The van der Waals surface area contributed by atoms with E-state index >= 15 is 0 Å². The number of rotatable bonds is 4. The van der Waals surface area contributed by atoms with Gasteiger partial charge in [-0.1, -0.05) is 12.1 Å². The smallest absolute Gasteiger partial charge is 0.147 e. The Labute approximate surface area is 101 Å². The van der Waals surface area contributed by atoms with Crippen LogP contribution in [0.25, 0.3) is 0 Å². The van der Waals surface area contributed by atoms with E-state index in [1.165, 1.54) is 0 Å². The predicted molar refractivity (Wildman–Crippen MR) is 65.1 cm³/mol. The highest BCUT2D eigenvalue weighted by Crippen LogP contribution is 2.25. The predicted octanol–water partition coefficient (Wildman–Crippen LogP) is 1.20. The molecule has 1 aromatic rings. The lowest BCUT2D eigenvalue weighted by Crippen LogP contribution is -2.24. The Morgan fingerprint density at radius 1 is 1.35 bits per heavy atom. The minimum Gasteiger partial charge on any atom is -0.385 e. The number of sulfone groups is 1. The number of hydrogen-bond donors (Lipinski definition) is 1. The van der Waals surface area contributed by atoms with Gasteiger partial charge in [0.05, 0.1) is 23.0 Å². The van der Waals surface area contributed by atoms with E-state index in [2.05, 4.69) is 0 Å². The molecule has 0 heterocycles. The van der Waals surface area contributed by atoms with E-state index < -0.39 is 15.4 Å². The Morgan fingerprint density at radius 3 is 2.29 bits per heavy atom. The second-order valence-corrected chi connectivity index (χ2v) is 6.60. The molecule has 0 fully saturated rings. The summed E-state index contributed by atoms with van der Waals surface area (Å²) < 4.78 is 22.1. The highest BCUT2D eigenvalue weighted by molar-refractivity contribution is 7.90. The lowest BCUT2D eigenvalue weighted by molar-refractivity contribution is 0.0539. The lowest BCUT2D eigenvalue weighted by Gasteiger charge is -2.23. The average Bonchev–Trinajstić information content (AvgIpc) is 2.26. The summed E-state index contributed by atoms with van der Waals surface area (Å²) >= 11 is 0. The van der Waals surface area contributed by atoms with Gasteiger partial charge >= 0.3 is 0 Å². The first-order chi connectivity index (χ1) is 7.74. The number of hydrogen-bond acceptors (Lipinski definition) is 4. The van der Waals surface area contributed by atoms with Crippen molar-refractivity contribution in [1.29, 1.82) is 5.26 Å². The summed E-state index contributed by atoms with van der Waals surface area (Å²) in [7, 11) is -3.09. The van der Waals surface area contributed by atoms with Crippen molar-refractivity contribution in [3.63, 3.8) is 0 Å². The van der Waals surface area contributed by atoms with Crippen LogP contribution in [0, 0.1) is 11.3 Å². The van der Waals surface area contributed by atoms with E-state index in [4.69, 9.17) is 5.26 Å². The standard InChI is InChI=1S/C12H15NO3S/c1-12(14,7-8-17(2,15)16)11-5-3-10(9-13)4-6-11/h3-6,14H,7-8H2,1-2H3. The van der Waals surface area contributed by atoms with Crippen molar-refractivity contribution in [2.75, 3.05) is 12.0 Å². The summed E-state index contributed by atoms with van der Waals surface area (Å²) in [5.41, 5.74) is -0.0790. The molecule has 1 aromatic carbocycles. The number of nitriles is 1. The number of benzene rings is 1. The zero-order chi connectivity index (χ0) is 13.1.